The van der Waals surface area contributed by atoms with Crippen LogP contribution in [0.25, 0.3) is 10.4 Å². The summed E-state index contributed by atoms with van der Waals surface area (Å²) in [6, 6.07) is 16.3. The zero-order chi connectivity index (χ0) is 33.1. The largest absolute Gasteiger partial charge is 0.425 e. The van der Waals surface area contributed by atoms with Crippen LogP contribution in [0.5, 0.6) is 0 Å². The van der Waals surface area contributed by atoms with Crippen molar-refractivity contribution in [1.82, 2.24) is 10.3 Å². The smallest absolute Gasteiger partial charge is 0.261 e. The molecular weight excluding hydrogens is 605 g/mol. The van der Waals surface area contributed by atoms with Gasteiger partial charge in [0.25, 0.3) is 11.8 Å². The number of benzene rings is 2. The van der Waals surface area contributed by atoms with Crippen LogP contribution in [0.4, 0.5) is 4.39 Å². The molecule has 1 aliphatic carbocycles. The number of primary amides is 1. The number of halogens is 1. The topological polar surface area (TPSA) is 159 Å². The quantitative estimate of drug-likeness (QED) is 0.0893. The summed E-state index contributed by atoms with van der Waals surface area (Å²) in [5, 5.41) is 19.8. The summed E-state index contributed by atoms with van der Waals surface area (Å²) < 4.78 is 19.0. The van der Waals surface area contributed by atoms with Crippen LogP contribution in [0.15, 0.2) is 60.7 Å². The van der Waals surface area contributed by atoms with Crippen molar-refractivity contribution in [3.05, 3.63) is 111 Å². The van der Waals surface area contributed by atoms with Crippen LogP contribution in [0.3, 0.4) is 0 Å². The lowest BCUT2D eigenvalue weighted by molar-refractivity contribution is 0.0938. The molecule has 0 radical (unpaired) electrons. The molecule has 46 heavy (non-hydrogen) atoms. The van der Waals surface area contributed by atoms with Crippen molar-refractivity contribution in [3.63, 3.8) is 0 Å². The predicted octanol–water partition coefficient (Wildman–Crippen LogP) is 6.43. The molecular formula is C35H34FN5O4S. The Bertz CT molecular complexity index is 1870. The summed E-state index contributed by atoms with van der Waals surface area (Å²) in [5.74, 6) is -2.72. The Balaban J connectivity index is 1.63. The Morgan fingerprint density at radius 2 is 1.76 bits per heavy atom. The molecule has 236 valence electrons. The minimum atomic E-state index is -0.794. The number of aryl methyl sites for hydroxylation is 1. The molecule has 0 spiro atoms. The standard InChI is InChI=1S/C35H34FN5O4S/c1-18(2)16-25-30(33(38)43)32(28-14-15-29(46-28)35(44)41-24-13-10-20-6-4-5-7-23(20)24)31(34(39)45-19(3)37)26(40-25)17-27(42)21-8-11-22(36)12-9-21/h4-9,11-12,14-15,18,24,37,39H,10,13,16-17H2,1-3H3,(H2,38,43)(H,41,44)/t24-/m1/s1. The van der Waals surface area contributed by atoms with Gasteiger partial charge in [-0.2, -0.15) is 0 Å². The highest BCUT2D eigenvalue weighted by Crippen LogP contribution is 2.38. The van der Waals surface area contributed by atoms with E-state index < -0.39 is 23.4 Å². The van der Waals surface area contributed by atoms with Gasteiger partial charge in [0.2, 0.25) is 5.90 Å². The zero-order valence-corrected chi connectivity index (χ0v) is 26.5. The first-order valence-electron chi connectivity index (χ1n) is 14.9. The van der Waals surface area contributed by atoms with Crippen molar-refractivity contribution in [2.45, 2.75) is 52.5 Å². The summed E-state index contributed by atoms with van der Waals surface area (Å²) in [6.45, 7) is 5.24. The second-order valence-electron chi connectivity index (χ2n) is 11.6. The SMILES string of the molecule is CC(=N)OC(=N)c1c(CC(=O)c2ccc(F)cc2)nc(CC(C)C)c(C(N)=O)c1-c1ccc(C(=O)N[C@@H]2CCc3ccccc32)s1. The molecule has 2 aromatic heterocycles. The molecule has 0 unspecified atom stereocenters. The average Bonchev–Trinajstić information content (AvgIpc) is 3.64. The number of fused-ring (bicyclic) bond motifs is 1. The molecule has 2 amide bonds. The van der Waals surface area contributed by atoms with Crippen molar-refractivity contribution in [2.24, 2.45) is 11.7 Å². The van der Waals surface area contributed by atoms with Crippen LogP contribution in [-0.2, 0) is 24.0 Å². The van der Waals surface area contributed by atoms with Gasteiger partial charge < -0.3 is 15.8 Å². The highest BCUT2D eigenvalue weighted by atomic mass is 32.1. The van der Waals surface area contributed by atoms with Crippen molar-refractivity contribution < 1.29 is 23.5 Å². The van der Waals surface area contributed by atoms with E-state index in [1.165, 1.54) is 36.8 Å². The number of aromatic nitrogens is 1. The molecule has 0 saturated heterocycles. The van der Waals surface area contributed by atoms with E-state index in [-0.39, 0.29) is 58.1 Å². The molecule has 0 bridgehead atoms. The lowest BCUT2D eigenvalue weighted by Crippen LogP contribution is -2.26. The van der Waals surface area contributed by atoms with Gasteiger partial charge in [-0.1, -0.05) is 38.1 Å². The number of ether oxygens (including phenoxy) is 1. The minimum absolute atomic E-state index is 0.0156. The van der Waals surface area contributed by atoms with Crippen LogP contribution in [0.1, 0.15) is 91.7 Å². The van der Waals surface area contributed by atoms with Gasteiger partial charge >= 0.3 is 0 Å². The first kappa shape index (κ1) is 32.4. The molecule has 5 rings (SSSR count). The van der Waals surface area contributed by atoms with E-state index in [1.54, 1.807) is 12.1 Å². The number of ketones is 1. The van der Waals surface area contributed by atoms with Crippen molar-refractivity contribution in [3.8, 4) is 10.4 Å². The van der Waals surface area contributed by atoms with E-state index in [4.69, 9.17) is 26.3 Å². The number of hydrogen-bond acceptors (Lipinski definition) is 8. The summed E-state index contributed by atoms with van der Waals surface area (Å²) in [5.41, 5.74) is 9.24. The summed E-state index contributed by atoms with van der Waals surface area (Å²) in [7, 11) is 0. The number of rotatable bonds is 10. The first-order valence-corrected chi connectivity index (χ1v) is 15.7. The highest BCUT2D eigenvalue weighted by Gasteiger charge is 2.31. The van der Waals surface area contributed by atoms with Gasteiger partial charge in [0.1, 0.15) is 5.82 Å². The summed E-state index contributed by atoms with van der Waals surface area (Å²) in [4.78, 5) is 45.5. The fourth-order valence-electron chi connectivity index (χ4n) is 5.73. The van der Waals surface area contributed by atoms with Crippen LogP contribution in [-0.4, -0.2) is 34.4 Å². The molecule has 9 nitrogen and oxygen atoms in total. The predicted molar refractivity (Wildman–Crippen MR) is 175 cm³/mol. The normalized spacial score (nSPS) is 13.7. The summed E-state index contributed by atoms with van der Waals surface area (Å²) >= 11 is 1.11. The number of nitrogens with two attached hydrogens (primary N) is 1. The molecule has 2 aromatic carbocycles. The maximum absolute atomic E-state index is 13.6. The second kappa shape index (κ2) is 13.5. The Morgan fingerprint density at radius 3 is 2.43 bits per heavy atom. The number of carbonyl (C=O) groups excluding carboxylic acids is 3. The van der Waals surface area contributed by atoms with E-state index in [9.17, 15) is 18.8 Å². The molecule has 0 aliphatic heterocycles. The average molecular weight is 640 g/mol. The lowest BCUT2D eigenvalue weighted by Gasteiger charge is -2.20. The molecule has 4 aromatic rings. The van der Waals surface area contributed by atoms with E-state index in [0.29, 0.717) is 21.9 Å². The van der Waals surface area contributed by atoms with Gasteiger partial charge in [0, 0.05) is 22.9 Å². The van der Waals surface area contributed by atoms with Gasteiger partial charge in [-0.15, -0.1) is 11.3 Å². The number of pyridine rings is 1. The van der Waals surface area contributed by atoms with Crippen molar-refractivity contribution in [1.29, 1.82) is 10.8 Å². The lowest BCUT2D eigenvalue weighted by atomic mass is 9.91. The number of hydrogen-bond donors (Lipinski definition) is 4. The number of Topliss-reactive ketones (excluding diaryl/α,β-unsaturated/α-hetero) is 1. The van der Waals surface area contributed by atoms with Gasteiger partial charge in [0.05, 0.1) is 39.9 Å². The number of amides is 2. The van der Waals surface area contributed by atoms with Crippen molar-refractivity contribution in [2.75, 3.05) is 0 Å². The van der Waals surface area contributed by atoms with Crippen LogP contribution >= 0.6 is 11.3 Å². The molecule has 1 atom stereocenters. The van der Waals surface area contributed by atoms with Gasteiger partial charge in [0.15, 0.2) is 11.7 Å². The monoisotopic (exact) mass is 639 g/mol. The van der Waals surface area contributed by atoms with Gasteiger partial charge in [-0.05, 0) is 72.7 Å². The molecule has 5 N–H and O–H groups in total. The number of carbonyl (C=O) groups is 3. The molecule has 11 heteroatoms. The maximum atomic E-state index is 13.6. The Labute approximate surface area is 270 Å². The Kier molecular flexibility index (Phi) is 9.52. The Hall–Kier alpha value is -5.03. The third kappa shape index (κ3) is 6.94. The first-order chi connectivity index (χ1) is 21.9. The minimum Gasteiger partial charge on any atom is -0.425 e. The zero-order valence-electron chi connectivity index (χ0n) is 25.7. The molecule has 0 saturated carbocycles. The number of nitrogens with one attached hydrogen (secondary N) is 3. The third-order valence-electron chi connectivity index (χ3n) is 7.69. The molecule has 2 heterocycles. The third-order valence-corrected chi connectivity index (χ3v) is 8.79. The van der Waals surface area contributed by atoms with Crippen LogP contribution in [0.2, 0.25) is 0 Å². The van der Waals surface area contributed by atoms with E-state index in [0.717, 1.165) is 29.7 Å². The summed E-state index contributed by atoms with van der Waals surface area (Å²) in [6.07, 6.45) is 1.68. The van der Waals surface area contributed by atoms with E-state index in [2.05, 4.69) is 11.4 Å². The second-order valence-corrected chi connectivity index (χ2v) is 12.7. The van der Waals surface area contributed by atoms with E-state index >= 15 is 0 Å². The van der Waals surface area contributed by atoms with Gasteiger partial charge in [-0.3, -0.25) is 30.2 Å². The van der Waals surface area contributed by atoms with Crippen LogP contribution < -0.4 is 11.1 Å². The van der Waals surface area contributed by atoms with E-state index in [1.807, 2.05) is 32.0 Å². The molecule has 1 aliphatic rings. The van der Waals surface area contributed by atoms with Crippen molar-refractivity contribution >= 4 is 40.7 Å². The number of nitrogens with zero attached hydrogens (tertiary/aromatic N) is 1. The van der Waals surface area contributed by atoms with Gasteiger partial charge in [-0.25, -0.2) is 4.39 Å². The van der Waals surface area contributed by atoms with Crippen LogP contribution in [0, 0.1) is 22.6 Å². The molecule has 0 fully saturated rings. The highest BCUT2D eigenvalue weighted by molar-refractivity contribution is 7.17. The number of thiophene rings is 1. The fraction of sp³-hybridized carbons (Fsp3) is 0.257. The maximum Gasteiger partial charge on any atom is 0.261 e. The Morgan fingerprint density at radius 1 is 1.04 bits per heavy atom. The fourth-order valence-corrected chi connectivity index (χ4v) is 6.70.